The molecule has 1 saturated heterocycles. The third kappa shape index (κ3) is 3.15. The van der Waals surface area contributed by atoms with Crippen molar-refractivity contribution in [2.24, 2.45) is 0 Å². The van der Waals surface area contributed by atoms with Gasteiger partial charge in [0.05, 0.1) is 30.4 Å². The number of hydrogen-bond donors (Lipinski definition) is 0. The average molecular weight is 271 g/mol. The van der Waals surface area contributed by atoms with Gasteiger partial charge >= 0.3 is 5.97 Å². The molecule has 1 aliphatic rings. The molecule has 1 fully saturated rings. The summed E-state index contributed by atoms with van der Waals surface area (Å²) in [6.07, 6.45) is 0.895. The van der Waals surface area contributed by atoms with Crippen LogP contribution in [0.1, 0.15) is 23.7 Å². The number of halogens is 1. The smallest absolute Gasteiger partial charge is 0.338 e. The molecule has 1 aromatic carbocycles. The first-order valence-corrected chi connectivity index (χ1v) is 6.29. The lowest BCUT2D eigenvalue weighted by atomic mass is 10.2. The quantitative estimate of drug-likeness (QED) is 0.789. The zero-order chi connectivity index (χ0) is 13.0. The molecule has 1 aliphatic heterocycles. The Morgan fingerprint density at radius 2 is 2.39 bits per heavy atom. The highest BCUT2D eigenvalue weighted by atomic mass is 35.5. The van der Waals surface area contributed by atoms with Crippen molar-refractivity contribution in [3.05, 3.63) is 28.8 Å². The predicted molar refractivity (Wildman–Crippen MR) is 67.3 cm³/mol. The molecule has 2 rings (SSSR count). The summed E-state index contributed by atoms with van der Waals surface area (Å²) < 4.78 is 15.8. The summed E-state index contributed by atoms with van der Waals surface area (Å²) in [5, 5.41) is 0.410. The van der Waals surface area contributed by atoms with Crippen LogP contribution in [0.2, 0.25) is 5.02 Å². The van der Waals surface area contributed by atoms with Crippen molar-refractivity contribution in [1.82, 2.24) is 0 Å². The fourth-order valence-corrected chi connectivity index (χ4v) is 1.95. The molecule has 0 spiro atoms. The van der Waals surface area contributed by atoms with Crippen molar-refractivity contribution in [1.29, 1.82) is 0 Å². The molecule has 0 amide bonds. The molecular weight excluding hydrogens is 256 g/mol. The second kappa shape index (κ2) is 6.07. The highest BCUT2D eigenvalue weighted by molar-refractivity contribution is 6.32. The summed E-state index contributed by atoms with van der Waals surface area (Å²) in [7, 11) is 0. The summed E-state index contributed by atoms with van der Waals surface area (Å²) in [6, 6.07) is 4.90. The van der Waals surface area contributed by atoms with E-state index < -0.39 is 0 Å². The fraction of sp³-hybridized carbons (Fsp3) is 0.462. The summed E-state index contributed by atoms with van der Waals surface area (Å²) in [6.45, 7) is 3.39. The molecule has 98 valence electrons. The number of rotatable bonds is 4. The van der Waals surface area contributed by atoms with Gasteiger partial charge in [0.15, 0.2) is 0 Å². The molecule has 18 heavy (non-hydrogen) atoms. The SMILES string of the molecule is CCOC(=O)c1ccc(OC2CCOC2)c(Cl)c1. The van der Waals surface area contributed by atoms with Crippen LogP contribution in [-0.4, -0.2) is 31.9 Å². The molecule has 0 saturated carbocycles. The molecule has 0 bridgehead atoms. The lowest BCUT2D eigenvalue weighted by Gasteiger charge is -2.13. The Hall–Kier alpha value is -1.26. The van der Waals surface area contributed by atoms with E-state index in [1.165, 1.54) is 0 Å². The molecule has 0 aromatic heterocycles. The van der Waals surface area contributed by atoms with Gasteiger partial charge in [0, 0.05) is 6.42 Å². The van der Waals surface area contributed by atoms with Crippen LogP contribution in [0.3, 0.4) is 0 Å². The van der Waals surface area contributed by atoms with E-state index in [-0.39, 0.29) is 12.1 Å². The maximum Gasteiger partial charge on any atom is 0.338 e. The van der Waals surface area contributed by atoms with Crippen molar-refractivity contribution in [3.8, 4) is 5.75 Å². The molecule has 1 atom stereocenters. The van der Waals surface area contributed by atoms with Crippen molar-refractivity contribution >= 4 is 17.6 Å². The molecule has 0 radical (unpaired) electrons. The highest BCUT2D eigenvalue weighted by Gasteiger charge is 2.19. The van der Waals surface area contributed by atoms with Gasteiger partial charge in [0.2, 0.25) is 0 Å². The fourth-order valence-electron chi connectivity index (χ4n) is 1.72. The highest BCUT2D eigenvalue weighted by Crippen LogP contribution is 2.28. The van der Waals surface area contributed by atoms with Crippen LogP contribution in [0.25, 0.3) is 0 Å². The summed E-state index contributed by atoms with van der Waals surface area (Å²) in [5.74, 6) is 0.190. The van der Waals surface area contributed by atoms with Crippen LogP contribution in [0, 0.1) is 0 Å². The Morgan fingerprint density at radius 3 is 3.00 bits per heavy atom. The molecule has 0 aliphatic carbocycles. The molecular formula is C13H15ClO4. The van der Waals surface area contributed by atoms with Crippen molar-refractivity contribution < 1.29 is 19.0 Å². The Kier molecular flexibility index (Phi) is 4.44. The number of hydrogen-bond acceptors (Lipinski definition) is 4. The van der Waals surface area contributed by atoms with Crippen LogP contribution in [0.4, 0.5) is 0 Å². The number of ether oxygens (including phenoxy) is 3. The molecule has 4 nitrogen and oxygen atoms in total. The largest absolute Gasteiger partial charge is 0.486 e. The lowest BCUT2D eigenvalue weighted by molar-refractivity contribution is 0.0526. The number of benzene rings is 1. The Labute approximate surface area is 111 Å². The van der Waals surface area contributed by atoms with E-state index in [1.54, 1.807) is 25.1 Å². The van der Waals surface area contributed by atoms with Crippen LogP contribution in [0.5, 0.6) is 5.75 Å². The van der Waals surface area contributed by atoms with E-state index in [1.807, 2.05) is 0 Å². The minimum atomic E-state index is -0.379. The van der Waals surface area contributed by atoms with E-state index in [4.69, 9.17) is 25.8 Å². The van der Waals surface area contributed by atoms with Gasteiger partial charge in [-0.15, -0.1) is 0 Å². The van der Waals surface area contributed by atoms with Crippen molar-refractivity contribution in [2.75, 3.05) is 19.8 Å². The van der Waals surface area contributed by atoms with Crippen LogP contribution < -0.4 is 4.74 Å². The predicted octanol–water partition coefficient (Wildman–Crippen LogP) is 2.68. The molecule has 1 unspecified atom stereocenters. The molecule has 0 N–H and O–H groups in total. The van der Waals surface area contributed by atoms with E-state index in [2.05, 4.69) is 0 Å². The maximum atomic E-state index is 11.5. The van der Waals surface area contributed by atoms with Crippen molar-refractivity contribution in [2.45, 2.75) is 19.4 Å². The minimum absolute atomic E-state index is 0.0379. The second-order valence-electron chi connectivity index (χ2n) is 3.97. The maximum absolute atomic E-state index is 11.5. The topological polar surface area (TPSA) is 44.8 Å². The van der Waals surface area contributed by atoms with Gasteiger partial charge in [0.25, 0.3) is 0 Å². The Morgan fingerprint density at radius 1 is 1.56 bits per heavy atom. The van der Waals surface area contributed by atoms with Crippen LogP contribution in [0.15, 0.2) is 18.2 Å². The van der Waals surface area contributed by atoms with Gasteiger partial charge in [0.1, 0.15) is 11.9 Å². The lowest BCUT2D eigenvalue weighted by Crippen LogP contribution is -2.16. The second-order valence-corrected chi connectivity index (χ2v) is 4.38. The van der Waals surface area contributed by atoms with Gasteiger partial charge in [-0.2, -0.15) is 0 Å². The van der Waals surface area contributed by atoms with Gasteiger partial charge in [-0.05, 0) is 25.1 Å². The Balaban J connectivity index is 2.06. The van der Waals surface area contributed by atoms with Crippen LogP contribution >= 0.6 is 11.6 Å². The minimum Gasteiger partial charge on any atom is -0.486 e. The van der Waals surface area contributed by atoms with E-state index in [0.717, 1.165) is 6.42 Å². The van der Waals surface area contributed by atoms with Gasteiger partial charge in [-0.25, -0.2) is 4.79 Å². The number of esters is 1. The first-order chi connectivity index (χ1) is 8.70. The number of carbonyl (C=O) groups is 1. The van der Waals surface area contributed by atoms with Gasteiger partial charge < -0.3 is 14.2 Å². The normalized spacial score (nSPS) is 18.7. The summed E-state index contributed by atoms with van der Waals surface area (Å²) >= 11 is 6.08. The average Bonchev–Trinajstić information content (AvgIpc) is 2.85. The first kappa shape index (κ1) is 13.2. The summed E-state index contributed by atoms with van der Waals surface area (Å²) in [4.78, 5) is 11.5. The number of carbonyl (C=O) groups excluding carboxylic acids is 1. The van der Waals surface area contributed by atoms with Gasteiger partial charge in [-0.1, -0.05) is 11.6 Å². The van der Waals surface area contributed by atoms with Crippen LogP contribution in [-0.2, 0) is 9.47 Å². The standard InChI is InChI=1S/C13H15ClO4/c1-2-17-13(15)9-3-4-12(11(14)7-9)18-10-5-6-16-8-10/h3-4,7,10H,2,5-6,8H2,1H3. The monoisotopic (exact) mass is 270 g/mol. The van der Waals surface area contributed by atoms with E-state index >= 15 is 0 Å². The summed E-state index contributed by atoms with van der Waals surface area (Å²) in [5.41, 5.74) is 0.428. The third-order valence-electron chi connectivity index (χ3n) is 2.62. The van der Waals surface area contributed by atoms with E-state index in [9.17, 15) is 4.79 Å². The molecule has 5 heteroatoms. The molecule has 1 aromatic rings. The Bertz CT molecular complexity index is 427. The van der Waals surface area contributed by atoms with Crippen molar-refractivity contribution in [3.63, 3.8) is 0 Å². The zero-order valence-corrected chi connectivity index (χ0v) is 10.9. The van der Waals surface area contributed by atoms with E-state index in [0.29, 0.717) is 36.2 Å². The third-order valence-corrected chi connectivity index (χ3v) is 2.92. The zero-order valence-electron chi connectivity index (χ0n) is 10.1. The first-order valence-electron chi connectivity index (χ1n) is 5.91. The van der Waals surface area contributed by atoms with Gasteiger partial charge in [-0.3, -0.25) is 0 Å². The molecule has 1 heterocycles.